The van der Waals surface area contributed by atoms with Gasteiger partial charge in [-0.1, -0.05) is 0 Å². The minimum atomic E-state index is -1.48. The number of carbonyl (C=O) groups excluding carboxylic acids is 3. The summed E-state index contributed by atoms with van der Waals surface area (Å²) in [5.74, 6) is -1.21. The van der Waals surface area contributed by atoms with E-state index in [9.17, 15) is 19.5 Å². The van der Waals surface area contributed by atoms with Crippen molar-refractivity contribution in [1.82, 2.24) is 0 Å². The molecule has 2 amide bonds. The number of amides is 2. The van der Waals surface area contributed by atoms with E-state index >= 15 is 0 Å². The average molecular weight is 350 g/mol. The van der Waals surface area contributed by atoms with Gasteiger partial charge in [0.15, 0.2) is 12.2 Å². The van der Waals surface area contributed by atoms with Crippen molar-refractivity contribution in [2.75, 3.05) is 24.4 Å². The van der Waals surface area contributed by atoms with Crippen LogP contribution in [0.4, 0.5) is 11.4 Å². The molecule has 0 atom stereocenters. The number of nitrogens with one attached hydrogen (secondary N) is 2. The topological polar surface area (TPSA) is 114 Å². The molecule has 0 unspecified atom stereocenters. The van der Waals surface area contributed by atoms with Crippen molar-refractivity contribution >= 4 is 29.2 Å². The second-order valence-corrected chi connectivity index (χ2v) is 5.96. The van der Waals surface area contributed by atoms with E-state index in [4.69, 9.17) is 9.47 Å². The Morgan fingerprint density at radius 3 is 2.48 bits per heavy atom. The van der Waals surface area contributed by atoms with Crippen molar-refractivity contribution in [1.29, 1.82) is 0 Å². The molecule has 0 bridgehead atoms. The molecule has 1 aliphatic carbocycles. The largest absolute Gasteiger partial charge is 0.495 e. The van der Waals surface area contributed by atoms with E-state index in [-0.39, 0.29) is 5.91 Å². The van der Waals surface area contributed by atoms with Gasteiger partial charge in [0.05, 0.1) is 12.8 Å². The van der Waals surface area contributed by atoms with Gasteiger partial charge in [-0.2, -0.15) is 0 Å². The van der Waals surface area contributed by atoms with E-state index in [1.807, 2.05) is 0 Å². The second-order valence-electron chi connectivity index (χ2n) is 5.96. The fourth-order valence-electron chi connectivity index (χ4n) is 2.70. The van der Waals surface area contributed by atoms with E-state index in [0.29, 0.717) is 30.0 Å². The van der Waals surface area contributed by atoms with Crippen LogP contribution in [0.3, 0.4) is 0 Å². The average Bonchev–Trinajstić information content (AvgIpc) is 3.00. The number of anilines is 2. The van der Waals surface area contributed by atoms with Gasteiger partial charge in [-0.3, -0.25) is 9.59 Å². The highest BCUT2D eigenvalue weighted by atomic mass is 16.6. The molecule has 0 saturated heterocycles. The van der Waals surface area contributed by atoms with Crippen molar-refractivity contribution in [3.05, 3.63) is 18.2 Å². The summed E-state index contributed by atoms with van der Waals surface area (Å²) in [7, 11) is 1.44. The highest BCUT2D eigenvalue weighted by Gasteiger charge is 2.40. The molecular formula is C17H22N2O6. The maximum absolute atomic E-state index is 12.0. The Balaban J connectivity index is 1.97. The fourth-order valence-corrected chi connectivity index (χ4v) is 2.70. The predicted octanol–water partition coefficient (Wildman–Crippen LogP) is 1.44. The first kappa shape index (κ1) is 18.7. The summed E-state index contributed by atoms with van der Waals surface area (Å²) < 4.78 is 10.1. The highest BCUT2D eigenvalue weighted by molar-refractivity contribution is 5.96. The minimum Gasteiger partial charge on any atom is -0.495 e. The smallest absolute Gasteiger partial charge is 0.338 e. The van der Waals surface area contributed by atoms with Crippen molar-refractivity contribution in [2.24, 2.45) is 0 Å². The molecule has 0 aliphatic heterocycles. The third-order valence-corrected chi connectivity index (χ3v) is 3.94. The Morgan fingerprint density at radius 2 is 1.88 bits per heavy atom. The first-order chi connectivity index (χ1) is 11.8. The predicted molar refractivity (Wildman–Crippen MR) is 90.3 cm³/mol. The molecule has 1 aromatic rings. The third-order valence-electron chi connectivity index (χ3n) is 3.94. The zero-order valence-electron chi connectivity index (χ0n) is 14.3. The Labute approximate surface area is 145 Å². The molecule has 0 radical (unpaired) electrons. The van der Waals surface area contributed by atoms with Crippen LogP contribution in [-0.4, -0.2) is 42.2 Å². The number of hydrogen-bond donors (Lipinski definition) is 3. The summed E-state index contributed by atoms with van der Waals surface area (Å²) in [6.07, 6.45) is 2.20. The molecule has 2 rings (SSSR count). The molecule has 0 aromatic heterocycles. The zero-order chi connectivity index (χ0) is 18.4. The quantitative estimate of drug-likeness (QED) is 0.669. The standard InChI is InChI=1S/C17H22N2O6/c1-11(20)18-12-5-6-14(24-2)13(9-12)19-15(21)10-25-16(22)17(23)7-3-4-8-17/h5-6,9,23H,3-4,7-8,10H2,1-2H3,(H,18,20)(H,19,21). The number of ether oxygens (including phenoxy) is 2. The van der Waals surface area contributed by atoms with Crippen LogP contribution in [0.15, 0.2) is 18.2 Å². The molecule has 0 heterocycles. The van der Waals surface area contributed by atoms with Gasteiger partial charge < -0.3 is 25.2 Å². The number of methoxy groups -OCH3 is 1. The maximum atomic E-state index is 12.0. The summed E-state index contributed by atoms with van der Waals surface area (Å²) in [6.45, 7) is 0.852. The lowest BCUT2D eigenvalue weighted by atomic mass is 10.0. The van der Waals surface area contributed by atoms with Crippen LogP contribution in [0.2, 0.25) is 0 Å². The Hall–Kier alpha value is -2.61. The summed E-state index contributed by atoms with van der Waals surface area (Å²) in [5, 5.41) is 15.3. The lowest BCUT2D eigenvalue weighted by Gasteiger charge is -2.19. The van der Waals surface area contributed by atoms with Crippen LogP contribution in [-0.2, 0) is 19.1 Å². The van der Waals surface area contributed by atoms with Crippen molar-refractivity contribution in [2.45, 2.75) is 38.2 Å². The molecule has 1 saturated carbocycles. The van der Waals surface area contributed by atoms with E-state index in [1.54, 1.807) is 12.1 Å². The van der Waals surface area contributed by atoms with Crippen LogP contribution in [0.25, 0.3) is 0 Å². The molecule has 0 spiro atoms. The van der Waals surface area contributed by atoms with Gasteiger partial charge >= 0.3 is 5.97 Å². The summed E-state index contributed by atoms with van der Waals surface area (Å²) in [6, 6.07) is 4.75. The number of rotatable bonds is 6. The van der Waals surface area contributed by atoms with Crippen molar-refractivity contribution < 1.29 is 29.0 Å². The van der Waals surface area contributed by atoms with E-state index in [0.717, 1.165) is 12.8 Å². The van der Waals surface area contributed by atoms with Gasteiger partial charge in [0.25, 0.3) is 5.91 Å². The first-order valence-corrected chi connectivity index (χ1v) is 7.99. The number of carbonyl (C=O) groups is 3. The number of esters is 1. The van der Waals surface area contributed by atoms with E-state index in [2.05, 4.69) is 10.6 Å². The molecule has 1 fully saturated rings. The van der Waals surface area contributed by atoms with Crippen LogP contribution < -0.4 is 15.4 Å². The molecule has 1 aromatic carbocycles. The van der Waals surface area contributed by atoms with E-state index < -0.39 is 24.1 Å². The fraction of sp³-hybridized carbons (Fsp3) is 0.471. The molecule has 1 aliphatic rings. The molecular weight excluding hydrogens is 328 g/mol. The summed E-state index contributed by atoms with van der Waals surface area (Å²) in [4.78, 5) is 35.0. The van der Waals surface area contributed by atoms with Gasteiger partial charge in [-0.15, -0.1) is 0 Å². The van der Waals surface area contributed by atoms with Gasteiger partial charge in [-0.05, 0) is 43.9 Å². The molecule has 136 valence electrons. The third kappa shape index (κ3) is 4.93. The number of benzene rings is 1. The lowest BCUT2D eigenvalue weighted by molar-refractivity contribution is -0.166. The maximum Gasteiger partial charge on any atom is 0.338 e. The Kier molecular flexibility index (Phi) is 5.97. The minimum absolute atomic E-state index is 0.249. The molecule has 8 nitrogen and oxygen atoms in total. The van der Waals surface area contributed by atoms with Crippen molar-refractivity contribution in [3.63, 3.8) is 0 Å². The van der Waals surface area contributed by atoms with Gasteiger partial charge in [0.2, 0.25) is 5.91 Å². The van der Waals surface area contributed by atoms with Gasteiger partial charge in [0.1, 0.15) is 5.75 Å². The Morgan fingerprint density at radius 1 is 1.20 bits per heavy atom. The van der Waals surface area contributed by atoms with Crippen LogP contribution in [0, 0.1) is 0 Å². The van der Waals surface area contributed by atoms with Gasteiger partial charge in [-0.25, -0.2) is 4.79 Å². The number of hydrogen-bond acceptors (Lipinski definition) is 6. The Bertz CT molecular complexity index is 667. The van der Waals surface area contributed by atoms with Crippen LogP contribution in [0.5, 0.6) is 5.75 Å². The van der Waals surface area contributed by atoms with E-state index in [1.165, 1.54) is 20.1 Å². The molecule has 8 heteroatoms. The van der Waals surface area contributed by atoms with Crippen LogP contribution in [0.1, 0.15) is 32.6 Å². The molecule has 3 N–H and O–H groups in total. The highest BCUT2D eigenvalue weighted by Crippen LogP contribution is 2.31. The van der Waals surface area contributed by atoms with Crippen LogP contribution >= 0.6 is 0 Å². The molecule has 25 heavy (non-hydrogen) atoms. The number of aliphatic hydroxyl groups is 1. The lowest BCUT2D eigenvalue weighted by Crippen LogP contribution is -2.38. The first-order valence-electron chi connectivity index (χ1n) is 7.99. The summed E-state index contributed by atoms with van der Waals surface area (Å²) >= 11 is 0. The summed E-state index contributed by atoms with van der Waals surface area (Å²) in [5.41, 5.74) is -0.668. The van der Waals surface area contributed by atoms with Gasteiger partial charge in [0, 0.05) is 12.6 Å². The normalized spacial score (nSPS) is 15.3. The monoisotopic (exact) mass is 350 g/mol. The van der Waals surface area contributed by atoms with Crippen molar-refractivity contribution in [3.8, 4) is 5.75 Å². The zero-order valence-corrected chi connectivity index (χ0v) is 14.3. The SMILES string of the molecule is COc1ccc(NC(C)=O)cc1NC(=O)COC(=O)C1(O)CCCC1. The second kappa shape index (κ2) is 7.98.